The zero-order chi connectivity index (χ0) is 25.3. The highest BCUT2D eigenvalue weighted by atomic mass is 19.1. The number of hydrogen-bond donors (Lipinski definition) is 2. The molecular formula is C26H26F2N2O5. The molecule has 2 aromatic rings. The zero-order valence-corrected chi connectivity index (χ0v) is 19.9. The Balaban J connectivity index is 1.89. The van der Waals surface area contributed by atoms with E-state index in [0.717, 1.165) is 17.8 Å². The molecule has 0 radical (unpaired) electrons. The van der Waals surface area contributed by atoms with Crippen LogP contribution in [0.4, 0.5) is 14.5 Å². The van der Waals surface area contributed by atoms with Crippen molar-refractivity contribution in [2.75, 3.05) is 26.6 Å². The highest BCUT2D eigenvalue weighted by Gasteiger charge is 2.39. The molecule has 0 bridgehead atoms. The minimum absolute atomic E-state index is 0.104. The van der Waals surface area contributed by atoms with E-state index in [4.69, 9.17) is 14.2 Å². The van der Waals surface area contributed by atoms with Crippen molar-refractivity contribution in [3.05, 3.63) is 70.1 Å². The van der Waals surface area contributed by atoms with E-state index in [9.17, 15) is 18.4 Å². The fraction of sp³-hybridized carbons (Fsp3) is 0.308. The van der Waals surface area contributed by atoms with E-state index in [1.807, 2.05) is 0 Å². The minimum Gasteiger partial charge on any atom is -0.493 e. The SMILES string of the molecule is COc1cc([C@@H]2C(C(=O)Nc3c(F)cccc3F)=C(C)NC3=C2C(=O)CCC3)cc(OC)c1OC. The van der Waals surface area contributed by atoms with Gasteiger partial charge in [-0.05, 0) is 49.6 Å². The highest BCUT2D eigenvalue weighted by molar-refractivity contribution is 6.10. The molecule has 2 aromatic carbocycles. The fourth-order valence-corrected chi connectivity index (χ4v) is 4.68. The molecular weight excluding hydrogens is 458 g/mol. The maximum atomic E-state index is 14.3. The molecule has 7 nitrogen and oxygen atoms in total. The number of nitrogens with one attached hydrogen (secondary N) is 2. The number of anilines is 1. The van der Waals surface area contributed by atoms with E-state index in [0.29, 0.717) is 53.3 Å². The van der Waals surface area contributed by atoms with Crippen LogP contribution in [0, 0.1) is 11.6 Å². The number of halogens is 2. The number of carbonyl (C=O) groups is 2. The molecule has 4 rings (SSSR count). The van der Waals surface area contributed by atoms with Crippen LogP contribution < -0.4 is 24.8 Å². The second-order valence-corrected chi connectivity index (χ2v) is 8.28. The molecule has 0 saturated carbocycles. The summed E-state index contributed by atoms with van der Waals surface area (Å²) in [6, 6.07) is 6.67. The number of benzene rings is 2. The van der Waals surface area contributed by atoms with E-state index < -0.39 is 29.1 Å². The molecule has 1 atom stereocenters. The van der Waals surface area contributed by atoms with Crippen molar-refractivity contribution in [1.29, 1.82) is 0 Å². The van der Waals surface area contributed by atoms with E-state index in [-0.39, 0.29) is 11.4 Å². The van der Waals surface area contributed by atoms with Gasteiger partial charge >= 0.3 is 0 Å². The van der Waals surface area contributed by atoms with Crippen molar-refractivity contribution in [3.63, 3.8) is 0 Å². The van der Waals surface area contributed by atoms with Crippen molar-refractivity contribution in [3.8, 4) is 17.2 Å². The summed E-state index contributed by atoms with van der Waals surface area (Å²) in [5, 5.41) is 5.54. The summed E-state index contributed by atoms with van der Waals surface area (Å²) >= 11 is 0. The van der Waals surface area contributed by atoms with Crippen LogP contribution >= 0.6 is 0 Å². The molecule has 1 aliphatic carbocycles. The quantitative estimate of drug-likeness (QED) is 0.624. The van der Waals surface area contributed by atoms with Crippen LogP contribution in [0.15, 0.2) is 52.9 Å². The van der Waals surface area contributed by atoms with Gasteiger partial charge in [-0.15, -0.1) is 0 Å². The van der Waals surface area contributed by atoms with Crippen LogP contribution in [0.2, 0.25) is 0 Å². The first kappa shape index (κ1) is 24.3. The molecule has 0 spiro atoms. The molecule has 1 heterocycles. The lowest BCUT2D eigenvalue weighted by molar-refractivity contribution is -0.116. The lowest BCUT2D eigenvalue weighted by Gasteiger charge is -2.35. The molecule has 35 heavy (non-hydrogen) atoms. The lowest BCUT2D eigenvalue weighted by Crippen LogP contribution is -2.35. The predicted molar refractivity (Wildman–Crippen MR) is 126 cm³/mol. The topological polar surface area (TPSA) is 85.9 Å². The molecule has 2 aliphatic rings. The van der Waals surface area contributed by atoms with Crippen LogP contribution in [0.25, 0.3) is 0 Å². The Morgan fingerprint density at radius 3 is 2.23 bits per heavy atom. The van der Waals surface area contributed by atoms with Crippen LogP contribution in [-0.2, 0) is 9.59 Å². The first-order valence-corrected chi connectivity index (χ1v) is 11.1. The van der Waals surface area contributed by atoms with Crippen molar-refractivity contribution in [1.82, 2.24) is 5.32 Å². The van der Waals surface area contributed by atoms with Gasteiger partial charge in [-0.3, -0.25) is 9.59 Å². The number of ketones is 1. The highest BCUT2D eigenvalue weighted by Crippen LogP contribution is 2.47. The fourth-order valence-electron chi connectivity index (χ4n) is 4.68. The third-order valence-electron chi connectivity index (χ3n) is 6.24. The molecule has 0 unspecified atom stereocenters. The van der Waals surface area contributed by atoms with Gasteiger partial charge in [0.25, 0.3) is 5.91 Å². The first-order chi connectivity index (χ1) is 16.8. The number of rotatable bonds is 6. The van der Waals surface area contributed by atoms with E-state index in [1.54, 1.807) is 19.1 Å². The minimum atomic E-state index is -0.904. The second kappa shape index (κ2) is 9.77. The Labute approximate surface area is 201 Å². The van der Waals surface area contributed by atoms with E-state index in [2.05, 4.69) is 10.6 Å². The Bertz CT molecular complexity index is 1220. The van der Waals surface area contributed by atoms with Gasteiger partial charge < -0.3 is 24.8 Å². The predicted octanol–water partition coefficient (Wildman–Crippen LogP) is 4.60. The number of hydrogen-bond acceptors (Lipinski definition) is 6. The molecule has 2 N–H and O–H groups in total. The number of carbonyl (C=O) groups excluding carboxylic acids is 2. The number of ether oxygens (including phenoxy) is 3. The van der Waals surface area contributed by atoms with Crippen molar-refractivity contribution in [2.45, 2.75) is 32.1 Å². The number of allylic oxidation sites excluding steroid dienone is 3. The summed E-state index contributed by atoms with van der Waals surface area (Å²) in [5.74, 6) is -2.40. The standard InChI is InChI=1S/C26H26F2N2O5/c1-13-21(26(32)30-24-15(27)7-5-8-16(24)28)22(23-17(29-13)9-6-10-18(23)31)14-11-19(33-2)25(35-4)20(12-14)34-3/h5,7-8,11-12,22,29H,6,9-10H2,1-4H3,(H,30,32)/t22-/m1/s1. The van der Waals surface area contributed by atoms with Crippen LogP contribution in [0.1, 0.15) is 37.7 Å². The first-order valence-electron chi connectivity index (χ1n) is 11.1. The van der Waals surface area contributed by atoms with Gasteiger partial charge in [0.15, 0.2) is 17.3 Å². The number of amides is 1. The normalized spacial score (nSPS) is 17.5. The Kier molecular flexibility index (Phi) is 6.77. The van der Waals surface area contributed by atoms with Gasteiger partial charge in [0, 0.05) is 34.9 Å². The average Bonchev–Trinajstić information content (AvgIpc) is 2.84. The second-order valence-electron chi connectivity index (χ2n) is 8.28. The summed E-state index contributed by atoms with van der Waals surface area (Å²) in [4.78, 5) is 26.6. The van der Waals surface area contributed by atoms with Crippen LogP contribution in [0.3, 0.4) is 0 Å². The Hall–Kier alpha value is -3.88. The summed E-state index contributed by atoms with van der Waals surface area (Å²) in [5.41, 5.74) is 1.79. The van der Waals surface area contributed by atoms with Crippen molar-refractivity contribution < 1.29 is 32.6 Å². The molecule has 1 amide bonds. The number of dihydropyridines is 1. The lowest BCUT2D eigenvalue weighted by atomic mass is 9.75. The molecule has 1 aliphatic heterocycles. The smallest absolute Gasteiger partial charge is 0.254 e. The average molecular weight is 484 g/mol. The van der Waals surface area contributed by atoms with Crippen molar-refractivity contribution in [2.24, 2.45) is 0 Å². The summed E-state index contributed by atoms with van der Waals surface area (Å²) < 4.78 is 45.0. The molecule has 9 heteroatoms. The van der Waals surface area contributed by atoms with Gasteiger partial charge in [-0.2, -0.15) is 0 Å². The van der Waals surface area contributed by atoms with E-state index >= 15 is 0 Å². The number of Topliss-reactive ketones (excluding diaryl/α,β-unsaturated/α-hetero) is 1. The number of para-hydroxylation sites is 1. The van der Waals surface area contributed by atoms with Crippen LogP contribution in [0.5, 0.6) is 17.2 Å². The molecule has 184 valence electrons. The Morgan fingerprint density at radius 2 is 1.66 bits per heavy atom. The Morgan fingerprint density at radius 1 is 1.03 bits per heavy atom. The van der Waals surface area contributed by atoms with Gasteiger partial charge in [-0.1, -0.05) is 6.07 Å². The number of methoxy groups -OCH3 is 3. The third-order valence-corrected chi connectivity index (χ3v) is 6.24. The summed E-state index contributed by atoms with van der Waals surface area (Å²) in [6.45, 7) is 1.69. The van der Waals surface area contributed by atoms with Gasteiger partial charge in [0.05, 0.1) is 21.3 Å². The van der Waals surface area contributed by atoms with Gasteiger partial charge in [0.2, 0.25) is 5.75 Å². The maximum Gasteiger partial charge on any atom is 0.254 e. The third kappa shape index (κ3) is 4.34. The maximum absolute atomic E-state index is 14.3. The van der Waals surface area contributed by atoms with Crippen molar-refractivity contribution >= 4 is 17.4 Å². The van der Waals surface area contributed by atoms with Crippen LogP contribution in [-0.4, -0.2) is 33.0 Å². The van der Waals surface area contributed by atoms with Gasteiger partial charge in [0.1, 0.15) is 17.3 Å². The molecule has 0 aromatic heterocycles. The molecule has 0 saturated heterocycles. The zero-order valence-electron chi connectivity index (χ0n) is 19.9. The monoisotopic (exact) mass is 484 g/mol. The summed E-state index contributed by atoms with van der Waals surface area (Å²) in [7, 11) is 4.41. The largest absolute Gasteiger partial charge is 0.493 e. The van der Waals surface area contributed by atoms with Gasteiger partial charge in [-0.25, -0.2) is 8.78 Å². The molecule has 0 fully saturated rings. The summed E-state index contributed by atoms with van der Waals surface area (Å²) in [6.07, 6.45) is 1.65. The van der Waals surface area contributed by atoms with E-state index in [1.165, 1.54) is 27.4 Å².